The minimum Gasteiger partial charge on any atom is -0.390 e. The molecule has 7 atom stereocenters. The van der Waals surface area contributed by atoms with E-state index < -0.39 is 24.3 Å². The third kappa shape index (κ3) is 30.0. The first-order valence-electron chi connectivity index (χ1n) is 20.5. The van der Waals surface area contributed by atoms with Crippen LogP contribution in [-0.4, -0.2) is 120 Å². The van der Waals surface area contributed by atoms with Gasteiger partial charge in [0.2, 0.25) is 11.8 Å². The Morgan fingerprint density at radius 1 is 0.632 bits per heavy atom. The molecule has 6 fully saturated rings. The Morgan fingerprint density at radius 2 is 1.19 bits per heavy atom. The number of likely N-dealkylation sites (tertiary alicyclic amines) is 1. The number of rotatable bonds is 0. The second-order valence-corrected chi connectivity index (χ2v) is 16.4. The number of imide groups is 1. The largest absolute Gasteiger partial charge is 0.390 e. The summed E-state index contributed by atoms with van der Waals surface area (Å²) in [7, 11) is 2.19. The van der Waals surface area contributed by atoms with Crippen LogP contribution in [0.5, 0.6) is 0 Å². The van der Waals surface area contributed by atoms with Gasteiger partial charge in [-0.05, 0) is 112 Å². The van der Waals surface area contributed by atoms with Gasteiger partial charge in [0.05, 0.1) is 6.10 Å². The molecular formula is C43H89N7O7. The number of hydrogen-bond donors (Lipinski definition) is 9. The number of nitrogens with zero attached hydrogens (tertiary/aromatic N) is 1. The van der Waals surface area contributed by atoms with Crippen LogP contribution < -0.4 is 31.9 Å². The molecule has 7 unspecified atom stereocenters. The van der Waals surface area contributed by atoms with E-state index in [-0.39, 0.29) is 46.2 Å². The quantitative estimate of drug-likeness (QED) is 0.140. The molecule has 2 aliphatic carbocycles. The highest BCUT2D eigenvalue weighted by molar-refractivity contribution is 5.97. The number of nitrogens with one attached hydrogen (secondary N) is 6. The minimum atomic E-state index is -1.01. The number of aliphatic hydroxyl groups excluding tert-OH is 3. The van der Waals surface area contributed by atoms with Crippen molar-refractivity contribution in [3.05, 3.63) is 11.6 Å². The molecule has 57 heavy (non-hydrogen) atoms. The Kier molecular flexibility index (Phi) is 34.0. The van der Waals surface area contributed by atoms with Crippen LogP contribution in [0.25, 0.3) is 0 Å². The molecule has 0 radical (unpaired) electrons. The smallest absolute Gasteiger partial charge is 0.321 e. The maximum Gasteiger partial charge on any atom is 0.321 e. The van der Waals surface area contributed by atoms with Crippen LogP contribution in [0.15, 0.2) is 11.6 Å². The second-order valence-electron chi connectivity index (χ2n) is 16.4. The van der Waals surface area contributed by atoms with Crippen molar-refractivity contribution in [3.8, 4) is 0 Å². The Bertz CT molecular complexity index is 1060. The predicted octanol–water partition coefficient (Wildman–Crippen LogP) is 5.60. The molecule has 6 amide bonds. The molecule has 0 aromatic carbocycles. The van der Waals surface area contributed by atoms with Gasteiger partial charge in [0.1, 0.15) is 12.2 Å². The summed E-state index contributed by atoms with van der Waals surface area (Å²) in [6.07, 6.45) is 14.3. The molecule has 5 heterocycles. The normalized spacial score (nSPS) is 31.1. The van der Waals surface area contributed by atoms with Gasteiger partial charge in [0, 0.05) is 43.6 Å². The fourth-order valence-corrected chi connectivity index (χ4v) is 6.58. The van der Waals surface area contributed by atoms with Gasteiger partial charge in [0.15, 0.2) is 0 Å². The molecule has 7 rings (SSSR count). The standard InChI is InChI=1S/C8H16.C7H12O3.C6H13N.C5H8N2O2.C5H9NO.C5H11N.C4H8N2O.3CH4/c1-7-3-5-8(2)6-4-7;1-4-2-5(8)7(10)6(9)3-4;1-7-5-3-2-4-6-7;1-3-2-4(8)7-5(9)6-3;1-4-2-3-5(7)6-4;1-5-3-2-4-6-5;1-3-2-5-4(7)6-3;;;/h7-8H,3-6H2,1-2H3;2,5-10H,3H2,1H3;2-6H2,1H3;3H,2H2,1H3,(H2,6,7,8,9);4H,2-3H2,1H3,(H,6,7);5-6H,2-4H2,1H3;3H,2H2,1H3,(H2,5,6,7);3*1H4. The minimum absolute atomic E-state index is 0. The lowest BCUT2D eigenvalue weighted by Crippen LogP contribution is -2.50. The summed E-state index contributed by atoms with van der Waals surface area (Å²) >= 11 is 0. The lowest BCUT2D eigenvalue weighted by atomic mass is 9.84. The monoisotopic (exact) mass is 816 g/mol. The van der Waals surface area contributed by atoms with E-state index in [1.807, 2.05) is 20.8 Å². The van der Waals surface area contributed by atoms with E-state index in [0.29, 0.717) is 24.9 Å². The third-order valence-corrected chi connectivity index (χ3v) is 10.2. The van der Waals surface area contributed by atoms with Crippen LogP contribution in [0.1, 0.15) is 154 Å². The van der Waals surface area contributed by atoms with E-state index >= 15 is 0 Å². The highest BCUT2D eigenvalue weighted by atomic mass is 16.4. The van der Waals surface area contributed by atoms with Crippen LogP contribution >= 0.6 is 0 Å². The first-order valence-corrected chi connectivity index (χ1v) is 20.5. The Morgan fingerprint density at radius 3 is 1.47 bits per heavy atom. The van der Waals surface area contributed by atoms with Gasteiger partial charge in [-0.2, -0.15) is 0 Å². The number of carbonyl (C=O) groups is 4. The Hall–Kier alpha value is -2.78. The van der Waals surface area contributed by atoms with Crippen molar-refractivity contribution in [2.24, 2.45) is 11.8 Å². The summed E-state index contributed by atoms with van der Waals surface area (Å²) in [5, 5.41) is 43.2. The van der Waals surface area contributed by atoms with E-state index in [2.05, 4.69) is 64.6 Å². The van der Waals surface area contributed by atoms with Crippen molar-refractivity contribution in [3.63, 3.8) is 0 Å². The summed E-state index contributed by atoms with van der Waals surface area (Å²) in [4.78, 5) is 43.9. The summed E-state index contributed by atoms with van der Waals surface area (Å²) in [6, 6.07) is 1.07. The van der Waals surface area contributed by atoms with Crippen LogP contribution in [0, 0.1) is 11.8 Å². The molecule has 0 aromatic heterocycles. The first kappa shape index (κ1) is 58.5. The Labute approximate surface area is 347 Å². The van der Waals surface area contributed by atoms with Crippen LogP contribution in [0.4, 0.5) is 9.59 Å². The molecule has 5 aliphatic heterocycles. The number of amides is 6. The molecule has 14 heteroatoms. The number of hydrogen-bond acceptors (Lipinski definition) is 9. The topological polar surface area (TPSA) is 204 Å². The Balaban J connectivity index is -0.000000595. The van der Waals surface area contributed by atoms with Gasteiger partial charge < -0.3 is 46.8 Å². The van der Waals surface area contributed by atoms with Gasteiger partial charge in [-0.3, -0.25) is 14.9 Å². The zero-order valence-electron chi connectivity index (χ0n) is 34.7. The van der Waals surface area contributed by atoms with Crippen LogP contribution in [0.3, 0.4) is 0 Å². The molecule has 7 aliphatic rings. The average molecular weight is 816 g/mol. The van der Waals surface area contributed by atoms with Gasteiger partial charge in [0.25, 0.3) is 0 Å². The summed E-state index contributed by atoms with van der Waals surface area (Å²) < 4.78 is 0. The highest BCUT2D eigenvalue weighted by Crippen LogP contribution is 2.27. The summed E-state index contributed by atoms with van der Waals surface area (Å²) in [5.41, 5.74) is 0.922. The fourth-order valence-electron chi connectivity index (χ4n) is 6.58. The van der Waals surface area contributed by atoms with E-state index in [1.165, 1.54) is 77.4 Å². The van der Waals surface area contributed by atoms with Crippen molar-refractivity contribution in [1.29, 1.82) is 0 Å². The zero-order valence-corrected chi connectivity index (χ0v) is 34.7. The van der Waals surface area contributed by atoms with Crippen LogP contribution in [0.2, 0.25) is 0 Å². The van der Waals surface area contributed by atoms with Crippen molar-refractivity contribution in [1.82, 2.24) is 36.8 Å². The first-order chi connectivity index (χ1) is 25.4. The van der Waals surface area contributed by atoms with Crippen molar-refractivity contribution < 1.29 is 34.5 Å². The summed E-state index contributed by atoms with van der Waals surface area (Å²) in [5.74, 6) is 2.04. The number of piperidine rings is 1. The molecule has 9 N–H and O–H groups in total. The number of aliphatic hydroxyl groups is 3. The number of carbonyl (C=O) groups excluding carboxylic acids is 4. The van der Waals surface area contributed by atoms with Crippen molar-refractivity contribution >= 4 is 23.9 Å². The molecule has 0 spiro atoms. The molecule has 338 valence electrons. The van der Waals surface area contributed by atoms with Gasteiger partial charge in [-0.1, -0.05) is 79.9 Å². The lowest BCUT2D eigenvalue weighted by molar-refractivity contribution is -0.121. The molecule has 0 bridgehead atoms. The van der Waals surface area contributed by atoms with Gasteiger partial charge >= 0.3 is 12.1 Å². The predicted molar refractivity (Wildman–Crippen MR) is 235 cm³/mol. The molecule has 0 aromatic rings. The maximum atomic E-state index is 10.5. The molecule has 5 saturated heterocycles. The van der Waals surface area contributed by atoms with Crippen molar-refractivity contribution in [2.45, 2.75) is 197 Å². The lowest BCUT2D eigenvalue weighted by Gasteiger charge is -2.26. The van der Waals surface area contributed by atoms with Gasteiger partial charge in [-0.15, -0.1) is 0 Å². The third-order valence-electron chi connectivity index (χ3n) is 10.2. The van der Waals surface area contributed by atoms with Crippen molar-refractivity contribution in [2.75, 3.05) is 33.2 Å². The van der Waals surface area contributed by atoms with Gasteiger partial charge in [-0.25, -0.2) is 9.59 Å². The second kappa shape index (κ2) is 33.1. The molecular weight excluding hydrogens is 727 g/mol. The van der Waals surface area contributed by atoms with E-state index in [9.17, 15) is 19.2 Å². The SMILES string of the molecule is C.C.C.CC1=CC(O)C(O)C(O)C1.CC1CC(=O)NC(=O)N1.CC1CCC(=O)N1.CC1CCC(C)CC1.CC1CCCN1.CC1CNC(=O)N1.CN1CCCCC1. The number of urea groups is 2. The van der Waals surface area contributed by atoms with E-state index in [1.54, 1.807) is 13.0 Å². The maximum absolute atomic E-state index is 10.5. The highest BCUT2D eigenvalue weighted by Gasteiger charge is 2.27. The molecule has 1 saturated carbocycles. The summed E-state index contributed by atoms with van der Waals surface area (Å²) in [6.45, 7) is 19.2. The van der Waals surface area contributed by atoms with E-state index in [0.717, 1.165) is 42.8 Å². The zero-order chi connectivity index (χ0) is 40.6. The average Bonchev–Trinajstić information content (AvgIpc) is 3.84. The molecule has 14 nitrogen and oxygen atoms in total. The fraction of sp³-hybridized carbons (Fsp3) is 0.860. The van der Waals surface area contributed by atoms with E-state index in [4.69, 9.17) is 15.3 Å². The van der Waals surface area contributed by atoms with Crippen LogP contribution in [-0.2, 0) is 9.59 Å².